The molecule has 0 saturated carbocycles. The van der Waals surface area contributed by atoms with Crippen LogP contribution < -0.4 is 19.6 Å². The van der Waals surface area contributed by atoms with Crippen LogP contribution in [0.4, 0.5) is 0 Å². The predicted octanol–water partition coefficient (Wildman–Crippen LogP) is 1.73. The average molecular weight is 307 g/mol. The van der Waals surface area contributed by atoms with Crippen LogP contribution in [0, 0.1) is 0 Å². The van der Waals surface area contributed by atoms with E-state index in [2.05, 4.69) is 4.98 Å². The van der Waals surface area contributed by atoms with Crippen LogP contribution in [0.25, 0.3) is 10.9 Å². The third-order valence-electron chi connectivity index (χ3n) is 3.16. The van der Waals surface area contributed by atoms with E-state index >= 15 is 0 Å². The summed E-state index contributed by atoms with van der Waals surface area (Å²) in [7, 11) is 4.23. The highest BCUT2D eigenvalue weighted by Gasteiger charge is 2.23. The summed E-state index contributed by atoms with van der Waals surface area (Å²) in [5, 5.41) is 0.242. The van der Waals surface area contributed by atoms with Crippen molar-refractivity contribution in [2.75, 3.05) is 27.9 Å². The highest BCUT2D eigenvalue weighted by molar-refractivity contribution is 5.98. The minimum Gasteiger partial charge on any atom is -0.496 e. The first-order valence-corrected chi connectivity index (χ1v) is 6.61. The van der Waals surface area contributed by atoms with Crippen molar-refractivity contribution in [3.63, 3.8) is 0 Å². The van der Waals surface area contributed by atoms with Crippen molar-refractivity contribution < 1.29 is 23.7 Å². The molecule has 0 unspecified atom stereocenters. The lowest BCUT2D eigenvalue weighted by Gasteiger charge is -2.13. The van der Waals surface area contributed by atoms with Gasteiger partial charge in [-0.05, 0) is 19.1 Å². The Balaban J connectivity index is 2.90. The number of nitrogens with one attached hydrogen (secondary N) is 1. The molecule has 0 atom stereocenters. The number of fused-ring (bicyclic) bond motifs is 1. The maximum atomic E-state index is 12.6. The largest absolute Gasteiger partial charge is 0.496 e. The number of hydrogen-bond acceptors (Lipinski definition) is 6. The molecule has 22 heavy (non-hydrogen) atoms. The molecule has 7 heteroatoms. The van der Waals surface area contributed by atoms with Gasteiger partial charge in [0.15, 0.2) is 11.4 Å². The zero-order valence-electron chi connectivity index (χ0n) is 12.8. The van der Waals surface area contributed by atoms with E-state index in [1.165, 1.54) is 21.3 Å². The van der Waals surface area contributed by atoms with E-state index in [1.54, 1.807) is 19.1 Å². The van der Waals surface area contributed by atoms with Crippen molar-refractivity contribution >= 4 is 16.9 Å². The molecule has 0 aliphatic carbocycles. The molecule has 0 radical (unpaired) electrons. The summed E-state index contributed by atoms with van der Waals surface area (Å²) in [6, 6.07) is 3.25. The van der Waals surface area contributed by atoms with Crippen LogP contribution in [-0.4, -0.2) is 38.9 Å². The molecule has 1 heterocycles. The molecular weight excluding hydrogens is 290 g/mol. The lowest BCUT2D eigenvalue weighted by Crippen LogP contribution is -2.17. The van der Waals surface area contributed by atoms with E-state index < -0.39 is 11.4 Å². The molecule has 1 aromatic carbocycles. The SMILES string of the molecule is CCOC(=O)c1[nH]c2c(OC)ccc(OC)c2c(=O)c1OC. The number of ether oxygens (including phenoxy) is 4. The molecule has 0 bridgehead atoms. The maximum absolute atomic E-state index is 12.6. The zero-order valence-corrected chi connectivity index (χ0v) is 12.8. The normalized spacial score (nSPS) is 10.4. The van der Waals surface area contributed by atoms with Gasteiger partial charge in [-0.15, -0.1) is 0 Å². The molecule has 118 valence electrons. The first-order chi connectivity index (χ1) is 10.6. The summed E-state index contributed by atoms with van der Waals surface area (Å²) in [5.74, 6) is -0.0485. The van der Waals surface area contributed by atoms with Crippen LogP contribution >= 0.6 is 0 Å². The van der Waals surface area contributed by atoms with Crippen LogP contribution in [0.3, 0.4) is 0 Å². The summed E-state index contributed by atoms with van der Waals surface area (Å²) in [5.41, 5.74) is -0.195. The number of aromatic amines is 1. The van der Waals surface area contributed by atoms with E-state index in [9.17, 15) is 9.59 Å². The molecule has 0 spiro atoms. The molecule has 0 amide bonds. The Labute approximate surface area is 126 Å². The van der Waals surface area contributed by atoms with E-state index in [4.69, 9.17) is 18.9 Å². The van der Waals surface area contributed by atoms with E-state index in [0.29, 0.717) is 17.0 Å². The lowest BCUT2D eigenvalue weighted by atomic mass is 10.1. The van der Waals surface area contributed by atoms with Gasteiger partial charge in [-0.1, -0.05) is 0 Å². The minimum absolute atomic E-state index is 0.0617. The van der Waals surface area contributed by atoms with Gasteiger partial charge in [0, 0.05) is 0 Å². The summed E-state index contributed by atoms with van der Waals surface area (Å²) in [6.07, 6.45) is 0. The van der Waals surface area contributed by atoms with Crippen LogP contribution in [0.15, 0.2) is 16.9 Å². The number of carbonyl (C=O) groups is 1. The topological polar surface area (TPSA) is 86.9 Å². The summed E-state index contributed by atoms with van der Waals surface area (Å²) in [6.45, 7) is 1.85. The Bertz CT molecular complexity index is 765. The molecular formula is C15H17NO6. The first-order valence-electron chi connectivity index (χ1n) is 6.61. The molecule has 0 aliphatic rings. The first kappa shape index (κ1) is 15.7. The fourth-order valence-electron chi connectivity index (χ4n) is 2.20. The van der Waals surface area contributed by atoms with E-state index in [1.807, 2.05) is 0 Å². The zero-order chi connectivity index (χ0) is 16.3. The van der Waals surface area contributed by atoms with E-state index in [0.717, 1.165) is 0 Å². The Morgan fingerprint density at radius 3 is 2.27 bits per heavy atom. The Morgan fingerprint density at radius 2 is 1.73 bits per heavy atom. The molecule has 2 rings (SSSR count). The van der Waals surface area contributed by atoms with Crippen molar-refractivity contribution in [1.82, 2.24) is 4.98 Å². The molecule has 0 fully saturated rings. The maximum Gasteiger partial charge on any atom is 0.358 e. The van der Waals surface area contributed by atoms with Crippen LogP contribution in [-0.2, 0) is 4.74 Å². The van der Waals surface area contributed by atoms with Gasteiger partial charge < -0.3 is 23.9 Å². The van der Waals surface area contributed by atoms with Gasteiger partial charge >= 0.3 is 5.97 Å². The van der Waals surface area contributed by atoms with Crippen molar-refractivity contribution in [3.05, 3.63) is 28.0 Å². The number of pyridine rings is 1. The molecule has 1 N–H and O–H groups in total. The number of carbonyl (C=O) groups excluding carboxylic acids is 1. The molecule has 0 aliphatic heterocycles. The van der Waals surface area contributed by atoms with Crippen molar-refractivity contribution in [2.45, 2.75) is 6.92 Å². The van der Waals surface area contributed by atoms with Crippen LogP contribution in [0.2, 0.25) is 0 Å². The number of rotatable bonds is 5. The Kier molecular flexibility index (Phi) is 4.55. The van der Waals surface area contributed by atoms with Gasteiger partial charge in [-0.3, -0.25) is 4.79 Å². The number of benzene rings is 1. The highest BCUT2D eigenvalue weighted by atomic mass is 16.5. The fraction of sp³-hybridized carbons (Fsp3) is 0.333. The van der Waals surface area contributed by atoms with Crippen molar-refractivity contribution in [1.29, 1.82) is 0 Å². The van der Waals surface area contributed by atoms with Gasteiger partial charge in [-0.25, -0.2) is 4.79 Å². The minimum atomic E-state index is -0.678. The molecule has 1 aromatic heterocycles. The monoisotopic (exact) mass is 307 g/mol. The van der Waals surface area contributed by atoms with Gasteiger partial charge in [0.1, 0.15) is 11.5 Å². The number of H-pyrrole nitrogens is 1. The summed E-state index contributed by atoms with van der Waals surface area (Å²) < 4.78 is 20.5. The highest BCUT2D eigenvalue weighted by Crippen LogP contribution is 2.31. The van der Waals surface area contributed by atoms with Crippen molar-refractivity contribution in [2.24, 2.45) is 0 Å². The van der Waals surface area contributed by atoms with Gasteiger partial charge in [0.2, 0.25) is 5.43 Å². The van der Waals surface area contributed by atoms with Gasteiger partial charge in [0.25, 0.3) is 0 Å². The van der Waals surface area contributed by atoms with Crippen molar-refractivity contribution in [3.8, 4) is 17.2 Å². The number of methoxy groups -OCH3 is 3. The Hall–Kier alpha value is -2.70. The molecule has 7 nitrogen and oxygen atoms in total. The van der Waals surface area contributed by atoms with Gasteiger partial charge in [-0.2, -0.15) is 0 Å². The quantitative estimate of drug-likeness (QED) is 0.847. The average Bonchev–Trinajstić information content (AvgIpc) is 2.53. The predicted molar refractivity (Wildman–Crippen MR) is 80.2 cm³/mol. The molecule has 0 saturated heterocycles. The van der Waals surface area contributed by atoms with Crippen LogP contribution in [0.5, 0.6) is 17.2 Å². The number of esters is 1. The summed E-state index contributed by atoms with van der Waals surface area (Å²) >= 11 is 0. The smallest absolute Gasteiger partial charge is 0.358 e. The van der Waals surface area contributed by atoms with Crippen LogP contribution in [0.1, 0.15) is 17.4 Å². The third kappa shape index (κ3) is 2.45. The second kappa shape index (κ2) is 6.38. The lowest BCUT2D eigenvalue weighted by molar-refractivity contribution is 0.0515. The fourth-order valence-corrected chi connectivity index (χ4v) is 2.20. The summed E-state index contributed by atoms with van der Waals surface area (Å²) in [4.78, 5) is 27.5. The number of aromatic nitrogens is 1. The molecule has 2 aromatic rings. The standard InChI is InChI=1S/C15H17NO6/c1-5-22-15(18)12-14(21-4)13(17)10-8(19-2)6-7-9(20-3)11(10)16-12/h6-7H,5H2,1-4H3,(H,16,17). The second-order valence-corrected chi connectivity index (χ2v) is 4.30. The Morgan fingerprint density at radius 1 is 1.09 bits per heavy atom. The van der Waals surface area contributed by atoms with E-state index in [-0.39, 0.29) is 23.4 Å². The van der Waals surface area contributed by atoms with Gasteiger partial charge in [0.05, 0.1) is 38.8 Å². The second-order valence-electron chi connectivity index (χ2n) is 4.30. The number of hydrogen-bond donors (Lipinski definition) is 1. The third-order valence-corrected chi connectivity index (χ3v) is 3.16.